The standard InChI is InChI=1S/C33H28F2N4O4/c34-25-7-8-27(35)24(15-25)16-29(40)39-13-11-22-14-21(6-9-28(22)39)26-19-42-31-23(17-38-32(36)30(26)31)10-12-37-33(41)43-18-20-4-2-1-3-5-20/h1-9,14-15,17,19H,10-13,16,18H2,(H2,36,38)(H,37,41). The number of nitrogens with zero attached hydrogens (tertiary/aromatic N) is 2. The maximum absolute atomic E-state index is 14.1. The summed E-state index contributed by atoms with van der Waals surface area (Å²) in [6.45, 7) is 0.933. The topological polar surface area (TPSA) is 111 Å². The second kappa shape index (κ2) is 11.9. The van der Waals surface area contributed by atoms with E-state index in [2.05, 4.69) is 10.3 Å². The van der Waals surface area contributed by atoms with E-state index in [0.717, 1.165) is 51.7 Å². The Morgan fingerprint density at radius 1 is 1.05 bits per heavy atom. The summed E-state index contributed by atoms with van der Waals surface area (Å²) in [5.74, 6) is -1.19. The number of alkyl carbamates (subject to hydrolysis) is 1. The number of nitrogens with two attached hydrogens (primary N) is 1. The van der Waals surface area contributed by atoms with Crippen molar-refractivity contribution in [2.24, 2.45) is 0 Å². The number of hydrogen-bond donors (Lipinski definition) is 2. The van der Waals surface area contributed by atoms with E-state index in [1.165, 1.54) is 0 Å². The number of rotatable bonds is 8. The van der Waals surface area contributed by atoms with Gasteiger partial charge < -0.3 is 25.1 Å². The predicted octanol–water partition coefficient (Wildman–Crippen LogP) is 5.96. The first kappa shape index (κ1) is 27.9. The van der Waals surface area contributed by atoms with Gasteiger partial charge in [-0.05, 0) is 59.9 Å². The van der Waals surface area contributed by atoms with Crippen LogP contribution >= 0.6 is 0 Å². The molecule has 8 nitrogen and oxygen atoms in total. The highest BCUT2D eigenvalue weighted by Crippen LogP contribution is 2.39. The molecule has 0 bridgehead atoms. The molecule has 2 amide bonds. The van der Waals surface area contributed by atoms with Crippen LogP contribution in [0, 0.1) is 11.6 Å². The third kappa shape index (κ3) is 5.90. The SMILES string of the molecule is Nc1ncc(CCNC(=O)OCc2ccccc2)c2occ(-c3ccc4c(c3)CCN4C(=O)Cc3cc(F)ccc3F)c12. The number of benzene rings is 3. The van der Waals surface area contributed by atoms with Gasteiger partial charge in [0.05, 0.1) is 18.1 Å². The van der Waals surface area contributed by atoms with E-state index < -0.39 is 17.7 Å². The maximum Gasteiger partial charge on any atom is 0.407 e. The van der Waals surface area contributed by atoms with Gasteiger partial charge in [0.15, 0.2) is 0 Å². The summed E-state index contributed by atoms with van der Waals surface area (Å²) < 4.78 is 38.9. The molecule has 0 radical (unpaired) electrons. The molecule has 3 heterocycles. The van der Waals surface area contributed by atoms with Gasteiger partial charge in [-0.15, -0.1) is 0 Å². The number of furan rings is 1. The zero-order valence-electron chi connectivity index (χ0n) is 23.1. The minimum atomic E-state index is -0.610. The van der Waals surface area contributed by atoms with Crippen molar-refractivity contribution in [1.29, 1.82) is 0 Å². The average molecular weight is 583 g/mol. The van der Waals surface area contributed by atoms with Gasteiger partial charge in [-0.2, -0.15) is 0 Å². The van der Waals surface area contributed by atoms with E-state index >= 15 is 0 Å². The Bertz CT molecular complexity index is 1820. The van der Waals surface area contributed by atoms with E-state index in [-0.39, 0.29) is 24.5 Å². The number of fused-ring (bicyclic) bond motifs is 2. The second-order valence-electron chi connectivity index (χ2n) is 10.3. The van der Waals surface area contributed by atoms with Crippen molar-refractivity contribution in [3.63, 3.8) is 0 Å². The molecule has 0 fully saturated rings. The minimum absolute atomic E-state index is 0.0259. The van der Waals surface area contributed by atoms with Gasteiger partial charge in [0, 0.05) is 41.7 Å². The summed E-state index contributed by atoms with van der Waals surface area (Å²) in [6, 6.07) is 18.2. The van der Waals surface area contributed by atoms with E-state index in [4.69, 9.17) is 14.9 Å². The predicted molar refractivity (Wildman–Crippen MR) is 158 cm³/mol. The lowest BCUT2D eigenvalue weighted by Crippen LogP contribution is -2.30. The van der Waals surface area contributed by atoms with Gasteiger partial charge in [0.2, 0.25) is 5.91 Å². The Morgan fingerprint density at radius 2 is 1.88 bits per heavy atom. The summed E-state index contributed by atoms with van der Waals surface area (Å²) in [5.41, 5.74) is 11.8. The Morgan fingerprint density at radius 3 is 2.72 bits per heavy atom. The number of amides is 2. The molecule has 0 atom stereocenters. The van der Waals surface area contributed by atoms with Gasteiger partial charge in [-0.25, -0.2) is 18.6 Å². The van der Waals surface area contributed by atoms with Crippen molar-refractivity contribution in [3.8, 4) is 11.1 Å². The van der Waals surface area contributed by atoms with Crippen LogP contribution < -0.4 is 16.0 Å². The number of halogens is 2. The van der Waals surface area contributed by atoms with E-state index in [0.29, 0.717) is 42.7 Å². The molecule has 0 spiro atoms. The highest BCUT2D eigenvalue weighted by atomic mass is 19.1. The maximum atomic E-state index is 14.1. The summed E-state index contributed by atoms with van der Waals surface area (Å²) >= 11 is 0. The van der Waals surface area contributed by atoms with Crippen LogP contribution in [-0.4, -0.2) is 30.1 Å². The summed E-state index contributed by atoms with van der Waals surface area (Å²) in [5, 5.41) is 3.41. The molecule has 1 aliphatic rings. The number of aromatic nitrogens is 1. The number of pyridine rings is 1. The molecule has 3 N–H and O–H groups in total. The van der Waals surface area contributed by atoms with E-state index in [9.17, 15) is 18.4 Å². The fourth-order valence-electron chi connectivity index (χ4n) is 5.35. The quantitative estimate of drug-likeness (QED) is 0.234. The first-order valence-corrected chi connectivity index (χ1v) is 13.8. The van der Waals surface area contributed by atoms with Crippen LogP contribution in [-0.2, 0) is 35.4 Å². The monoisotopic (exact) mass is 582 g/mol. The molecule has 0 unspecified atom stereocenters. The fourth-order valence-corrected chi connectivity index (χ4v) is 5.35. The molecular formula is C33H28F2N4O4. The molecular weight excluding hydrogens is 554 g/mol. The zero-order chi connectivity index (χ0) is 29.9. The Balaban J connectivity index is 1.15. The number of nitrogen functional groups attached to an aromatic ring is 1. The lowest BCUT2D eigenvalue weighted by Gasteiger charge is -2.18. The largest absolute Gasteiger partial charge is 0.463 e. The highest BCUT2D eigenvalue weighted by Gasteiger charge is 2.26. The van der Waals surface area contributed by atoms with Crippen LogP contribution in [0.5, 0.6) is 0 Å². The molecule has 10 heteroatoms. The Hall–Kier alpha value is -5.25. The van der Waals surface area contributed by atoms with Crippen molar-refractivity contribution in [3.05, 3.63) is 113 Å². The number of carbonyl (C=O) groups is 2. The van der Waals surface area contributed by atoms with Crippen molar-refractivity contribution in [1.82, 2.24) is 10.3 Å². The van der Waals surface area contributed by atoms with Crippen LogP contribution in [0.3, 0.4) is 0 Å². The van der Waals surface area contributed by atoms with Gasteiger partial charge in [-0.3, -0.25) is 4.79 Å². The normalized spacial score (nSPS) is 12.4. The van der Waals surface area contributed by atoms with Gasteiger partial charge in [0.25, 0.3) is 0 Å². The van der Waals surface area contributed by atoms with Crippen molar-refractivity contribution in [2.75, 3.05) is 23.7 Å². The summed E-state index contributed by atoms with van der Waals surface area (Å²) in [6.07, 6.45) is 3.57. The van der Waals surface area contributed by atoms with Gasteiger partial charge >= 0.3 is 6.09 Å². The van der Waals surface area contributed by atoms with Crippen molar-refractivity contribution >= 4 is 34.5 Å². The molecule has 0 saturated carbocycles. The molecule has 218 valence electrons. The average Bonchev–Trinajstić information content (AvgIpc) is 3.65. The zero-order valence-corrected chi connectivity index (χ0v) is 23.1. The first-order valence-electron chi connectivity index (χ1n) is 13.8. The van der Waals surface area contributed by atoms with Crippen LogP contribution in [0.4, 0.5) is 25.1 Å². The fraction of sp³-hybridized carbons (Fsp3) is 0.182. The number of anilines is 2. The Kier molecular flexibility index (Phi) is 7.74. The smallest absolute Gasteiger partial charge is 0.407 e. The Labute approximate surface area is 246 Å². The van der Waals surface area contributed by atoms with Crippen LogP contribution in [0.2, 0.25) is 0 Å². The van der Waals surface area contributed by atoms with Gasteiger partial charge in [-0.1, -0.05) is 36.4 Å². The van der Waals surface area contributed by atoms with Crippen LogP contribution in [0.25, 0.3) is 22.1 Å². The van der Waals surface area contributed by atoms with Gasteiger partial charge in [0.1, 0.15) is 29.6 Å². The van der Waals surface area contributed by atoms with E-state index in [1.54, 1.807) is 17.4 Å². The van der Waals surface area contributed by atoms with Crippen LogP contribution in [0.15, 0.2) is 83.6 Å². The number of carbonyl (C=O) groups excluding carboxylic acids is 2. The summed E-state index contributed by atoms with van der Waals surface area (Å²) in [4.78, 5) is 31.1. The number of ether oxygens (including phenoxy) is 1. The minimum Gasteiger partial charge on any atom is -0.463 e. The number of nitrogens with one attached hydrogen (secondary N) is 1. The second-order valence-corrected chi connectivity index (χ2v) is 10.3. The lowest BCUT2D eigenvalue weighted by molar-refractivity contribution is -0.117. The molecule has 5 aromatic rings. The number of hydrogen-bond acceptors (Lipinski definition) is 6. The van der Waals surface area contributed by atoms with Crippen LogP contribution in [0.1, 0.15) is 22.3 Å². The van der Waals surface area contributed by atoms with Crippen molar-refractivity contribution < 1.29 is 27.5 Å². The summed E-state index contributed by atoms with van der Waals surface area (Å²) in [7, 11) is 0. The molecule has 43 heavy (non-hydrogen) atoms. The highest BCUT2D eigenvalue weighted by molar-refractivity contribution is 6.03. The lowest BCUT2D eigenvalue weighted by atomic mass is 10.00. The first-order chi connectivity index (χ1) is 20.9. The third-order valence-electron chi connectivity index (χ3n) is 7.51. The van der Waals surface area contributed by atoms with E-state index in [1.807, 2.05) is 48.5 Å². The molecule has 6 rings (SSSR count). The molecule has 0 aliphatic carbocycles. The molecule has 1 aliphatic heterocycles. The molecule has 0 saturated heterocycles. The molecule has 3 aromatic carbocycles. The molecule has 2 aromatic heterocycles. The van der Waals surface area contributed by atoms with Crippen molar-refractivity contribution in [2.45, 2.75) is 25.9 Å². The third-order valence-corrected chi connectivity index (χ3v) is 7.51.